The van der Waals surface area contributed by atoms with E-state index in [-0.39, 0.29) is 58.8 Å². The monoisotopic (exact) mass is 963 g/mol. The molecule has 376 valence electrons. The summed E-state index contributed by atoms with van der Waals surface area (Å²) in [7, 11) is -8.21. The Bertz CT molecular complexity index is 1940. The Hall–Kier alpha value is -1.58. The maximum Gasteiger partial charge on any atom is 0.266 e. The van der Waals surface area contributed by atoms with Crippen molar-refractivity contribution in [3.8, 4) is 0 Å². The van der Waals surface area contributed by atoms with Crippen molar-refractivity contribution in [2.24, 2.45) is 92.7 Å². The van der Waals surface area contributed by atoms with E-state index in [0.717, 1.165) is 77.0 Å². The molecular formula is C52H86N2O10S2. The molecule has 0 aliphatic heterocycles. The van der Waals surface area contributed by atoms with E-state index in [1.165, 1.54) is 38.5 Å². The first-order valence-corrected chi connectivity index (χ1v) is 29.6. The number of allylic oxidation sites excluding steroid dienone is 2. The fourth-order valence-electron chi connectivity index (χ4n) is 18.6. The van der Waals surface area contributed by atoms with E-state index in [1.54, 1.807) is 11.1 Å². The summed E-state index contributed by atoms with van der Waals surface area (Å²) in [4.78, 5) is 25.1. The molecule has 8 rings (SSSR count). The second-order valence-corrected chi connectivity index (χ2v) is 28.1. The summed E-state index contributed by atoms with van der Waals surface area (Å²) in [5, 5.41) is 29.7. The van der Waals surface area contributed by atoms with Crippen LogP contribution < -0.4 is 10.6 Å². The van der Waals surface area contributed by atoms with Crippen LogP contribution in [0.15, 0.2) is 11.1 Å². The molecule has 66 heavy (non-hydrogen) atoms. The normalized spacial score (nSPS) is 45.2. The Labute approximate surface area is 397 Å². The highest BCUT2D eigenvalue weighted by molar-refractivity contribution is 7.86. The lowest BCUT2D eigenvalue weighted by atomic mass is 9.42. The molecule has 0 bridgehead atoms. The molecule has 2 unspecified atom stereocenters. The van der Waals surface area contributed by atoms with Gasteiger partial charge in [-0.15, -0.1) is 0 Å². The van der Waals surface area contributed by atoms with Crippen LogP contribution in [0.4, 0.5) is 0 Å². The van der Waals surface area contributed by atoms with Gasteiger partial charge < -0.3 is 20.8 Å². The molecule has 0 aromatic heterocycles. The average molecular weight is 963 g/mol. The number of nitrogens with one attached hydrogen (secondary N) is 2. The first-order chi connectivity index (χ1) is 30.9. The van der Waals surface area contributed by atoms with Gasteiger partial charge in [0.25, 0.3) is 20.2 Å². The minimum absolute atomic E-state index is 0.0779. The third-order valence-electron chi connectivity index (χ3n) is 22.1. The van der Waals surface area contributed by atoms with Crippen LogP contribution in [0.3, 0.4) is 0 Å². The molecular weight excluding hydrogens is 877 g/mol. The van der Waals surface area contributed by atoms with Gasteiger partial charge in [-0.3, -0.25) is 18.7 Å². The largest absolute Gasteiger partial charge is 0.393 e. The van der Waals surface area contributed by atoms with Crippen LogP contribution >= 0.6 is 0 Å². The number of hydrogen-bond donors (Lipinski definition) is 6. The Morgan fingerprint density at radius 1 is 0.576 bits per heavy atom. The van der Waals surface area contributed by atoms with E-state index in [4.69, 9.17) is 9.11 Å². The van der Waals surface area contributed by atoms with Gasteiger partial charge in [-0.05, 0) is 208 Å². The molecule has 2 amide bonds. The predicted octanol–water partition coefficient (Wildman–Crippen LogP) is 8.38. The van der Waals surface area contributed by atoms with Crippen LogP contribution in [0.1, 0.15) is 170 Å². The summed E-state index contributed by atoms with van der Waals surface area (Å²) in [5.74, 6) is 4.06. The van der Waals surface area contributed by atoms with E-state index in [0.29, 0.717) is 83.9 Å². The predicted molar refractivity (Wildman–Crippen MR) is 256 cm³/mol. The molecule has 0 saturated heterocycles. The first-order valence-electron chi connectivity index (χ1n) is 26.4. The highest BCUT2D eigenvalue weighted by Gasteiger charge is 2.65. The Kier molecular flexibility index (Phi) is 14.5. The van der Waals surface area contributed by atoms with Gasteiger partial charge in [0.1, 0.15) is 0 Å². The molecule has 0 spiro atoms. The fourth-order valence-corrected chi connectivity index (χ4v) is 19.3. The molecule has 0 heterocycles. The molecule has 8 aliphatic rings. The average Bonchev–Trinajstić information content (AvgIpc) is 3.78. The van der Waals surface area contributed by atoms with Crippen molar-refractivity contribution in [1.29, 1.82) is 0 Å². The topological polar surface area (TPSA) is 207 Å². The van der Waals surface area contributed by atoms with Gasteiger partial charge in [-0.1, -0.05) is 52.7 Å². The maximum absolute atomic E-state index is 12.6. The van der Waals surface area contributed by atoms with Crippen LogP contribution in [0, 0.1) is 92.7 Å². The minimum Gasteiger partial charge on any atom is -0.393 e. The van der Waals surface area contributed by atoms with Crippen molar-refractivity contribution in [2.75, 3.05) is 24.6 Å². The number of carbonyl (C=O) groups is 2. The van der Waals surface area contributed by atoms with Crippen molar-refractivity contribution < 1.29 is 45.7 Å². The Balaban J connectivity index is 0.870. The number of aliphatic hydroxyl groups excluding tert-OH is 2. The van der Waals surface area contributed by atoms with Gasteiger partial charge in [-0.25, -0.2) is 0 Å². The summed E-state index contributed by atoms with van der Waals surface area (Å²) < 4.78 is 62.3. The van der Waals surface area contributed by atoms with Crippen LogP contribution in [0.5, 0.6) is 0 Å². The smallest absolute Gasteiger partial charge is 0.266 e. The van der Waals surface area contributed by atoms with E-state index in [1.807, 2.05) is 0 Å². The van der Waals surface area contributed by atoms with Gasteiger partial charge in [-0.2, -0.15) is 16.8 Å². The highest BCUT2D eigenvalue weighted by atomic mass is 32.2. The van der Waals surface area contributed by atoms with Crippen molar-refractivity contribution in [3.05, 3.63) is 11.1 Å². The zero-order chi connectivity index (χ0) is 47.8. The SMILES string of the molecule is C[C@H](CCC(=O)NCCS(=O)(=O)O)[C@H]1CC[C@H]2[C@@H]3[C@@H](O)CC4C/C(=C5\CC[C@@]6(C)C(C5)C[C@H](O)[C@H]5[C@@H]7CC[C@H]([C@@H](C)CCC(=O)NCCS(=O)(=O)O)[C@@]7(C)CC[C@@H]56)CC[C@]4(C)[C@H]3CC[C@]12C. The third kappa shape index (κ3) is 9.62. The molecule has 12 nitrogen and oxygen atoms in total. The molecule has 0 aromatic rings. The van der Waals surface area contributed by atoms with Crippen LogP contribution in [-0.2, 0) is 29.8 Å². The van der Waals surface area contributed by atoms with E-state index >= 15 is 0 Å². The van der Waals surface area contributed by atoms with E-state index < -0.39 is 31.7 Å². The molecule has 0 aromatic carbocycles. The Morgan fingerprint density at radius 3 is 1.30 bits per heavy atom. The zero-order valence-electron chi connectivity index (χ0n) is 41.1. The summed E-state index contributed by atoms with van der Waals surface area (Å²) in [6.45, 7) is 14.5. The van der Waals surface area contributed by atoms with Crippen molar-refractivity contribution in [3.63, 3.8) is 0 Å². The molecule has 8 aliphatic carbocycles. The van der Waals surface area contributed by atoms with Crippen molar-refractivity contribution in [2.45, 2.75) is 182 Å². The van der Waals surface area contributed by atoms with Gasteiger partial charge in [0.05, 0.1) is 23.7 Å². The molecule has 14 heteroatoms. The molecule has 8 saturated carbocycles. The quantitative estimate of drug-likeness (QED) is 0.0724. The van der Waals surface area contributed by atoms with E-state index in [9.17, 15) is 36.6 Å². The lowest BCUT2D eigenvalue weighted by Crippen LogP contribution is -2.58. The molecule has 8 fully saturated rings. The number of aliphatic hydroxyl groups is 2. The third-order valence-corrected chi connectivity index (χ3v) is 23.6. The van der Waals surface area contributed by atoms with E-state index in [2.05, 4.69) is 52.2 Å². The molecule has 18 atom stereocenters. The number of hydrogen-bond acceptors (Lipinski definition) is 8. The highest BCUT2D eigenvalue weighted by Crippen LogP contribution is 2.71. The minimum atomic E-state index is -4.11. The lowest BCUT2D eigenvalue weighted by Gasteiger charge is -2.63. The lowest BCUT2D eigenvalue weighted by molar-refractivity contribution is -0.162. The fraction of sp³-hybridized carbons (Fsp3) is 0.923. The van der Waals surface area contributed by atoms with Gasteiger partial charge in [0.2, 0.25) is 11.8 Å². The number of carbonyl (C=O) groups excluding carboxylic acids is 2. The zero-order valence-corrected chi connectivity index (χ0v) is 42.7. The number of amides is 2. The second kappa shape index (κ2) is 18.9. The summed E-state index contributed by atoms with van der Waals surface area (Å²) >= 11 is 0. The molecule has 6 N–H and O–H groups in total. The van der Waals surface area contributed by atoms with Crippen molar-refractivity contribution >= 4 is 32.1 Å². The summed E-state index contributed by atoms with van der Waals surface area (Å²) in [6.07, 6.45) is 19.6. The van der Waals surface area contributed by atoms with Crippen LogP contribution in [0.25, 0.3) is 0 Å². The standard InChI is InChI=1S/C52H86N2O10S2/c1-31(7-13-45(57)53-23-25-65(59,60)61)37-9-11-39-47-41(17-21-51(37,39)5)49(3)19-15-33(27-35(49)29-43(47)55)34-16-20-50(4)36(28-34)30-44(56)48-40-12-10-38(52(40,6)22-18-42(48)50)32(2)8-14-46(58)54-24-26-66(62,63)64/h31-32,35-44,47-48,55-56H,7-30H2,1-6H3,(H,53,57)(H,54,58)(H,59,60,61)(H,62,63,64)/b34-33+/t31-,32+,35?,36?,37-,38-,39+,40+,41+,42+,43+,44+,47+,48+,49+,50+,51-,52-/m1/s1. The van der Waals surface area contributed by atoms with Gasteiger partial charge in [0.15, 0.2) is 0 Å². The van der Waals surface area contributed by atoms with Gasteiger partial charge >= 0.3 is 0 Å². The van der Waals surface area contributed by atoms with Crippen LogP contribution in [-0.4, -0.2) is 84.8 Å². The maximum atomic E-state index is 12.6. The van der Waals surface area contributed by atoms with Gasteiger partial charge in [0, 0.05) is 25.9 Å². The van der Waals surface area contributed by atoms with Crippen molar-refractivity contribution in [1.82, 2.24) is 10.6 Å². The number of fused-ring (bicyclic) bond motifs is 10. The Morgan fingerprint density at radius 2 is 0.939 bits per heavy atom. The number of rotatable bonds is 14. The van der Waals surface area contributed by atoms with Crippen LogP contribution in [0.2, 0.25) is 0 Å². The summed E-state index contributed by atoms with van der Waals surface area (Å²) in [5.41, 5.74) is 4.07. The second-order valence-electron chi connectivity index (χ2n) is 25.0. The summed E-state index contributed by atoms with van der Waals surface area (Å²) in [6, 6.07) is 0. The molecule has 0 radical (unpaired) electrons. The first kappa shape index (κ1) is 50.8.